The summed E-state index contributed by atoms with van der Waals surface area (Å²) in [6.07, 6.45) is 2.61. The van der Waals surface area contributed by atoms with Crippen molar-refractivity contribution in [3.8, 4) is 5.75 Å². The van der Waals surface area contributed by atoms with Crippen LogP contribution < -0.4 is 28.7 Å². The number of hydrogen-bond acceptors (Lipinski definition) is 3. The van der Waals surface area contributed by atoms with Gasteiger partial charge in [-0.15, -0.1) is 0 Å². The molecule has 0 saturated heterocycles. The molecule has 0 saturated carbocycles. The zero-order valence-electron chi connectivity index (χ0n) is 9.77. The van der Waals surface area contributed by atoms with Crippen molar-refractivity contribution in [2.75, 3.05) is 0 Å². The molecule has 0 fully saturated rings. The smallest absolute Gasteiger partial charge is 0.545 e. The van der Waals surface area contributed by atoms with E-state index in [1.165, 1.54) is 6.08 Å². The Morgan fingerprint density at radius 1 is 1.31 bits per heavy atom. The molecule has 0 bridgehead atoms. The maximum Gasteiger partial charge on any atom is 1.00 e. The molecule has 0 heterocycles. The molecular weight excluding hydrogens is 199 g/mol. The fourth-order valence-corrected chi connectivity index (χ4v) is 1.09. The topological polar surface area (TPSA) is 49.4 Å². The van der Waals surface area contributed by atoms with Crippen LogP contribution in [0.5, 0.6) is 5.75 Å². The molecule has 1 aromatic rings. The second kappa shape index (κ2) is 7.16. The van der Waals surface area contributed by atoms with Gasteiger partial charge in [-0.05, 0) is 37.6 Å². The summed E-state index contributed by atoms with van der Waals surface area (Å²) in [5, 5.41) is 10.2. The first kappa shape index (κ1) is 14.8. The molecule has 0 radical (unpaired) electrons. The van der Waals surface area contributed by atoms with E-state index in [0.29, 0.717) is 0 Å². The number of rotatable bonds is 4. The Kier molecular flexibility index (Phi) is 6.63. The van der Waals surface area contributed by atoms with Crippen molar-refractivity contribution in [3.63, 3.8) is 0 Å². The third-order valence-electron chi connectivity index (χ3n) is 1.66. The van der Waals surface area contributed by atoms with Gasteiger partial charge in [0.25, 0.3) is 0 Å². The monoisotopic (exact) mass is 212 g/mol. The molecule has 4 heteroatoms. The minimum absolute atomic E-state index is 0. The van der Waals surface area contributed by atoms with E-state index in [9.17, 15) is 9.90 Å². The number of carboxylic acid groups (broad SMARTS) is 1. The third kappa shape index (κ3) is 5.65. The largest absolute Gasteiger partial charge is 1.00 e. The number of hydrogen-bond donors (Lipinski definition) is 0. The van der Waals surface area contributed by atoms with Gasteiger partial charge >= 0.3 is 18.9 Å². The maximum absolute atomic E-state index is 10.2. The number of ether oxygens (including phenoxy) is 1. The predicted octanol–water partition coefficient (Wildman–Crippen LogP) is -1.76. The molecule has 1 aromatic carbocycles. The Bertz CT molecular complexity index is 355. The van der Waals surface area contributed by atoms with E-state index in [-0.39, 0.29) is 25.0 Å². The summed E-state index contributed by atoms with van der Waals surface area (Å²) in [6, 6.07) is 7.18. The summed E-state index contributed by atoms with van der Waals surface area (Å²) >= 11 is 0. The molecule has 0 aromatic heterocycles. The number of aliphatic carboxylic acids is 1. The molecule has 80 valence electrons. The van der Waals surface area contributed by atoms with Gasteiger partial charge in [-0.2, -0.15) is 0 Å². The Morgan fingerprint density at radius 3 is 2.31 bits per heavy atom. The molecule has 0 N–H and O–H groups in total. The van der Waals surface area contributed by atoms with Crippen molar-refractivity contribution in [2.45, 2.75) is 20.0 Å². The zero-order valence-corrected chi connectivity index (χ0v) is 9.77. The van der Waals surface area contributed by atoms with E-state index in [1.807, 2.05) is 13.8 Å². The third-order valence-corrected chi connectivity index (χ3v) is 1.66. The van der Waals surface area contributed by atoms with Crippen molar-refractivity contribution in [1.82, 2.24) is 0 Å². The van der Waals surface area contributed by atoms with Crippen molar-refractivity contribution in [1.29, 1.82) is 0 Å². The first-order valence-electron chi connectivity index (χ1n) is 4.73. The van der Waals surface area contributed by atoms with Gasteiger partial charge in [0, 0.05) is 0 Å². The van der Waals surface area contributed by atoms with Gasteiger partial charge in [-0.3, -0.25) is 0 Å². The average Bonchev–Trinajstić information content (AvgIpc) is 2.16. The van der Waals surface area contributed by atoms with E-state index in [2.05, 4.69) is 0 Å². The van der Waals surface area contributed by atoms with Crippen LogP contribution in [0.2, 0.25) is 0 Å². The van der Waals surface area contributed by atoms with Crippen LogP contribution in [0.15, 0.2) is 30.3 Å². The summed E-state index contributed by atoms with van der Waals surface area (Å²) in [5.74, 6) is -0.423. The van der Waals surface area contributed by atoms with Crippen LogP contribution in [0, 0.1) is 0 Å². The van der Waals surface area contributed by atoms with Crippen LogP contribution >= 0.6 is 0 Å². The van der Waals surface area contributed by atoms with Gasteiger partial charge in [-0.25, -0.2) is 0 Å². The summed E-state index contributed by atoms with van der Waals surface area (Å²) in [7, 11) is 0. The normalized spacial score (nSPS) is 10.2. The Hall–Kier alpha value is -1.17. The zero-order chi connectivity index (χ0) is 11.3. The molecule has 0 aliphatic heterocycles. The molecule has 0 unspecified atom stereocenters. The predicted molar refractivity (Wildman–Crippen MR) is 56.2 cm³/mol. The molecule has 0 spiro atoms. The first-order chi connectivity index (χ1) is 7.08. The van der Waals surface area contributed by atoms with E-state index in [0.717, 1.165) is 17.4 Å². The van der Waals surface area contributed by atoms with Crippen LogP contribution in [-0.4, -0.2) is 12.1 Å². The molecule has 0 atom stereocenters. The molecular formula is C12H13LiO3. The van der Waals surface area contributed by atoms with Gasteiger partial charge in [0.2, 0.25) is 0 Å². The van der Waals surface area contributed by atoms with Gasteiger partial charge in [0.1, 0.15) is 5.75 Å². The summed E-state index contributed by atoms with van der Waals surface area (Å²) in [5.41, 5.74) is 0.801. The fourth-order valence-electron chi connectivity index (χ4n) is 1.09. The number of carbonyl (C=O) groups is 1. The number of carboxylic acids is 1. The quantitative estimate of drug-likeness (QED) is 0.439. The SMILES string of the molecule is CC(C)Oc1ccc(/C=C/C(=O)[O-])cc1.[Li+]. The van der Waals surface area contributed by atoms with Crippen LogP contribution in [0.1, 0.15) is 19.4 Å². The van der Waals surface area contributed by atoms with E-state index >= 15 is 0 Å². The maximum atomic E-state index is 10.2. The van der Waals surface area contributed by atoms with Crippen LogP contribution in [0.25, 0.3) is 6.08 Å². The van der Waals surface area contributed by atoms with E-state index in [1.54, 1.807) is 24.3 Å². The summed E-state index contributed by atoms with van der Waals surface area (Å²) in [4.78, 5) is 10.2. The molecule has 0 aliphatic carbocycles. The van der Waals surface area contributed by atoms with Crippen LogP contribution in [0.4, 0.5) is 0 Å². The van der Waals surface area contributed by atoms with Crippen molar-refractivity contribution in [3.05, 3.63) is 35.9 Å². The van der Waals surface area contributed by atoms with E-state index < -0.39 is 5.97 Å². The van der Waals surface area contributed by atoms with Gasteiger partial charge in [-0.1, -0.05) is 18.2 Å². The standard InChI is InChI=1S/C12H14O3.Li/c1-9(2)15-11-6-3-10(4-7-11)5-8-12(13)14;/h3-9H,1-2H3,(H,13,14);/q;+1/p-1/b8-5+;. The Balaban J connectivity index is 0.00000225. The molecule has 0 aliphatic rings. The Labute approximate surface area is 107 Å². The van der Waals surface area contributed by atoms with Crippen LogP contribution in [0.3, 0.4) is 0 Å². The van der Waals surface area contributed by atoms with Crippen LogP contribution in [-0.2, 0) is 4.79 Å². The minimum Gasteiger partial charge on any atom is -0.545 e. The van der Waals surface area contributed by atoms with Gasteiger partial charge in [0.05, 0.1) is 12.1 Å². The summed E-state index contributed by atoms with van der Waals surface area (Å²) < 4.78 is 5.44. The second-order valence-corrected chi connectivity index (χ2v) is 3.39. The molecule has 1 rings (SSSR count). The van der Waals surface area contributed by atoms with Crippen molar-refractivity contribution < 1.29 is 33.5 Å². The molecule has 3 nitrogen and oxygen atoms in total. The van der Waals surface area contributed by atoms with Crippen molar-refractivity contribution >= 4 is 12.0 Å². The average molecular weight is 212 g/mol. The van der Waals surface area contributed by atoms with Gasteiger partial charge in [0.15, 0.2) is 0 Å². The number of carbonyl (C=O) groups excluding carboxylic acids is 1. The summed E-state index contributed by atoms with van der Waals surface area (Å²) in [6.45, 7) is 3.90. The van der Waals surface area contributed by atoms with Gasteiger partial charge < -0.3 is 14.6 Å². The minimum atomic E-state index is -1.20. The van der Waals surface area contributed by atoms with E-state index in [4.69, 9.17) is 4.74 Å². The fraction of sp³-hybridized carbons (Fsp3) is 0.250. The van der Waals surface area contributed by atoms with Crippen molar-refractivity contribution in [2.24, 2.45) is 0 Å². The Morgan fingerprint density at radius 2 is 1.88 bits per heavy atom. The first-order valence-corrected chi connectivity index (χ1v) is 4.73. The second-order valence-electron chi connectivity index (χ2n) is 3.39. The molecule has 0 amide bonds. The number of benzene rings is 1. The molecule has 16 heavy (non-hydrogen) atoms.